The molecule has 2 fully saturated rings. The van der Waals surface area contributed by atoms with Gasteiger partial charge in [-0.2, -0.15) is 5.10 Å². The summed E-state index contributed by atoms with van der Waals surface area (Å²) in [6.07, 6.45) is -0.825. The number of rotatable bonds is 6. The Kier molecular flexibility index (Phi) is 7.22. The second-order valence-electron chi connectivity index (χ2n) is 8.67. The lowest BCUT2D eigenvalue weighted by atomic mass is 10.1. The van der Waals surface area contributed by atoms with E-state index >= 15 is 0 Å². The molecule has 14 heteroatoms. The fourth-order valence-corrected chi connectivity index (χ4v) is 5.32. The van der Waals surface area contributed by atoms with Gasteiger partial charge in [0.25, 0.3) is 0 Å². The van der Waals surface area contributed by atoms with Crippen LogP contribution in [0.5, 0.6) is 5.75 Å². The van der Waals surface area contributed by atoms with Crippen LogP contribution in [-0.2, 0) is 21.2 Å². The number of carbonyl (C=O) groups excluding carboxylic acids is 1. The van der Waals surface area contributed by atoms with E-state index in [1.165, 1.54) is 12.4 Å². The number of alkyl halides is 3. The summed E-state index contributed by atoms with van der Waals surface area (Å²) in [6, 6.07) is 3.13. The van der Waals surface area contributed by atoms with E-state index in [-0.39, 0.29) is 35.1 Å². The van der Waals surface area contributed by atoms with E-state index in [9.17, 15) is 26.4 Å². The largest absolute Gasteiger partial charge is 0.573 e. The van der Waals surface area contributed by atoms with Crippen LogP contribution in [0, 0.1) is 0 Å². The molecule has 0 spiro atoms. The number of urea groups is 1. The third-order valence-electron chi connectivity index (χ3n) is 6.14. The van der Waals surface area contributed by atoms with Gasteiger partial charge in [-0.15, -0.1) is 13.2 Å². The van der Waals surface area contributed by atoms with Crippen molar-refractivity contribution in [2.24, 2.45) is 0 Å². The predicted molar refractivity (Wildman–Crippen MR) is 116 cm³/mol. The number of hydrogen-bond acceptors (Lipinski definition) is 7. The van der Waals surface area contributed by atoms with Gasteiger partial charge in [0.1, 0.15) is 17.9 Å². The molecule has 0 bridgehead atoms. The number of aromatic amines is 1. The number of hydrogen-bond donors (Lipinski definition) is 1. The Labute approximate surface area is 200 Å². The molecule has 2 saturated heterocycles. The zero-order valence-corrected chi connectivity index (χ0v) is 19.8. The second kappa shape index (κ2) is 10.0. The number of nitrogens with one attached hydrogen (secondary N) is 1. The van der Waals surface area contributed by atoms with Crippen molar-refractivity contribution >= 4 is 15.9 Å². The van der Waals surface area contributed by atoms with Crippen molar-refractivity contribution in [2.75, 3.05) is 32.4 Å². The van der Waals surface area contributed by atoms with Crippen molar-refractivity contribution in [1.29, 1.82) is 0 Å². The van der Waals surface area contributed by atoms with Crippen molar-refractivity contribution in [1.82, 2.24) is 25.0 Å². The third kappa shape index (κ3) is 6.42. The summed E-state index contributed by atoms with van der Waals surface area (Å²) in [4.78, 5) is 20.4. The Morgan fingerprint density at radius 3 is 2.51 bits per heavy atom. The van der Waals surface area contributed by atoms with Gasteiger partial charge in [0, 0.05) is 38.4 Å². The van der Waals surface area contributed by atoms with E-state index in [0.29, 0.717) is 39.0 Å². The minimum Gasteiger partial charge on any atom is -0.406 e. The van der Waals surface area contributed by atoms with Crippen molar-refractivity contribution in [3.05, 3.63) is 35.9 Å². The topological polar surface area (TPSA) is 118 Å². The maximum atomic E-state index is 12.9. The Morgan fingerprint density at radius 2 is 1.89 bits per heavy atom. The Morgan fingerprint density at radius 1 is 1.17 bits per heavy atom. The second-order valence-corrected chi connectivity index (χ2v) is 10.7. The number of piperidine rings is 1. The molecule has 3 heterocycles. The van der Waals surface area contributed by atoms with Gasteiger partial charge in [-0.3, -0.25) is 5.10 Å². The summed E-state index contributed by atoms with van der Waals surface area (Å²) >= 11 is 0. The highest BCUT2D eigenvalue weighted by atomic mass is 32.2. The smallest absolute Gasteiger partial charge is 0.406 e. The zero-order chi connectivity index (χ0) is 25.2. The Balaban J connectivity index is 1.30. The number of likely N-dealkylation sites (tertiary alicyclic amines) is 2. The molecule has 0 radical (unpaired) electrons. The number of benzene rings is 1. The fourth-order valence-electron chi connectivity index (χ4n) is 4.39. The van der Waals surface area contributed by atoms with Crippen molar-refractivity contribution in [3.8, 4) is 5.75 Å². The molecule has 2 aromatic rings. The molecule has 1 N–H and O–H groups in total. The number of aromatic nitrogens is 3. The van der Waals surface area contributed by atoms with Gasteiger partial charge >= 0.3 is 12.4 Å². The highest BCUT2D eigenvalue weighted by Crippen LogP contribution is 2.29. The van der Waals surface area contributed by atoms with Gasteiger partial charge in [0.15, 0.2) is 9.84 Å². The molecule has 1 aromatic heterocycles. The van der Waals surface area contributed by atoms with Crippen LogP contribution in [0.25, 0.3) is 0 Å². The lowest BCUT2D eigenvalue weighted by molar-refractivity contribution is -0.274. The average Bonchev–Trinajstić information content (AvgIpc) is 3.48. The van der Waals surface area contributed by atoms with Gasteiger partial charge in [0.05, 0.1) is 17.6 Å². The minimum atomic E-state index is -4.93. The van der Waals surface area contributed by atoms with Crippen molar-refractivity contribution in [3.63, 3.8) is 0 Å². The molecule has 2 amide bonds. The van der Waals surface area contributed by atoms with Gasteiger partial charge in [0.2, 0.25) is 0 Å². The van der Waals surface area contributed by atoms with E-state index in [2.05, 4.69) is 19.9 Å². The Hall–Kier alpha value is -2.87. The molecule has 0 saturated carbocycles. The first-order valence-electron chi connectivity index (χ1n) is 11.1. The number of carbonyl (C=O) groups is 1. The first-order valence-corrected chi connectivity index (χ1v) is 13.0. The van der Waals surface area contributed by atoms with E-state index < -0.39 is 21.9 Å². The molecule has 1 atom stereocenters. The van der Waals surface area contributed by atoms with Crippen LogP contribution in [0.2, 0.25) is 0 Å². The van der Waals surface area contributed by atoms with Gasteiger partial charge in [-0.1, -0.05) is 6.07 Å². The maximum absolute atomic E-state index is 12.9. The zero-order valence-electron chi connectivity index (χ0n) is 19.0. The van der Waals surface area contributed by atoms with Crippen LogP contribution in [-0.4, -0.2) is 84.3 Å². The number of halogens is 3. The van der Waals surface area contributed by atoms with Crippen molar-refractivity contribution in [2.45, 2.75) is 49.1 Å². The monoisotopic (exact) mass is 517 g/mol. The molecule has 0 unspecified atom stereocenters. The normalized spacial score (nSPS) is 19.8. The van der Waals surface area contributed by atoms with E-state index in [0.717, 1.165) is 30.6 Å². The quantitative estimate of drug-likeness (QED) is 0.626. The summed E-state index contributed by atoms with van der Waals surface area (Å²) in [6.45, 7) is 2.11. The molecular formula is C21H26F3N5O5S. The van der Waals surface area contributed by atoms with Gasteiger partial charge in [-0.05, 0) is 37.0 Å². The predicted octanol–water partition coefficient (Wildman–Crippen LogP) is 2.70. The number of ether oxygens (including phenoxy) is 2. The highest BCUT2D eigenvalue weighted by molar-refractivity contribution is 7.90. The number of nitrogens with zero attached hydrogens (tertiary/aromatic N) is 4. The summed E-state index contributed by atoms with van der Waals surface area (Å²) in [5.74, 6) is 0.305. The van der Waals surface area contributed by atoms with Crippen LogP contribution < -0.4 is 4.74 Å². The van der Waals surface area contributed by atoms with E-state index in [4.69, 9.17) is 4.74 Å². The number of sulfone groups is 1. The number of H-pyrrole nitrogens is 1. The fraction of sp³-hybridized carbons (Fsp3) is 0.571. The average molecular weight is 518 g/mol. The van der Waals surface area contributed by atoms with E-state index in [1.807, 2.05) is 0 Å². The van der Waals surface area contributed by atoms with Gasteiger partial charge in [-0.25, -0.2) is 18.2 Å². The molecule has 4 rings (SSSR count). The maximum Gasteiger partial charge on any atom is 0.573 e. The molecule has 35 heavy (non-hydrogen) atoms. The summed E-state index contributed by atoms with van der Waals surface area (Å²) in [7, 11) is -3.81. The molecule has 2 aliphatic rings. The third-order valence-corrected chi connectivity index (χ3v) is 7.32. The molecule has 10 nitrogen and oxygen atoms in total. The highest BCUT2D eigenvalue weighted by Gasteiger charge is 2.34. The summed E-state index contributed by atoms with van der Waals surface area (Å²) in [5, 5.41) is 6.72. The van der Waals surface area contributed by atoms with Crippen LogP contribution in [0.4, 0.5) is 18.0 Å². The molecule has 1 aromatic carbocycles. The number of amides is 2. The molecule has 2 aliphatic heterocycles. The van der Waals surface area contributed by atoms with Gasteiger partial charge < -0.3 is 19.3 Å². The lowest BCUT2D eigenvalue weighted by Gasteiger charge is -2.34. The SMILES string of the molecule is CS(=O)(=O)c1cc(OC(F)(F)F)ccc1COC1CCN(C(=O)N2CC[C@H](c3ncn[nH]3)C2)CC1. The summed E-state index contributed by atoms with van der Waals surface area (Å²) < 4.78 is 71.4. The van der Waals surface area contributed by atoms with Crippen LogP contribution >= 0.6 is 0 Å². The Bertz CT molecular complexity index is 1130. The first-order chi connectivity index (χ1) is 16.5. The lowest BCUT2D eigenvalue weighted by Crippen LogP contribution is -2.47. The molecule has 0 aliphatic carbocycles. The molecular weight excluding hydrogens is 491 g/mol. The summed E-state index contributed by atoms with van der Waals surface area (Å²) in [5.41, 5.74) is 0.246. The van der Waals surface area contributed by atoms with Crippen LogP contribution in [0.1, 0.15) is 36.6 Å². The van der Waals surface area contributed by atoms with Crippen LogP contribution in [0.15, 0.2) is 29.4 Å². The van der Waals surface area contributed by atoms with E-state index in [1.54, 1.807) is 9.80 Å². The standard InChI is InChI=1S/C21H26F3N5O5S/c1-35(31,32)18-10-17(34-21(22,23)24)3-2-15(18)12-33-16-5-8-28(9-6-16)20(30)29-7-4-14(11-29)19-25-13-26-27-19/h2-3,10,13-14,16H,4-9,11-12H2,1H3,(H,25,26,27)/t14-/m0/s1. The molecule has 192 valence electrons. The van der Waals surface area contributed by atoms with Crippen LogP contribution in [0.3, 0.4) is 0 Å². The minimum absolute atomic E-state index is 0.0370. The first kappa shape index (κ1) is 25.2. The van der Waals surface area contributed by atoms with Crippen molar-refractivity contribution < 1.29 is 35.9 Å².